The van der Waals surface area contributed by atoms with Crippen molar-refractivity contribution < 1.29 is 9.53 Å². The average Bonchev–Trinajstić information content (AvgIpc) is 2.42. The van der Waals surface area contributed by atoms with Gasteiger partial charge in [0.2, 0.25) is 5.91 Å². The van der Waals surface area contributed by atoms with Crippen LogP contribution in [-0.4, -0.2) is 25.7 Å². The minimum absolute atomic E-state index is 0.0555. The highest BCUT2D eigenvalue weighted by Crippen LogP contribution is 2.10. The van der Waals surface area contributed by atoms with E-state index < -0.39 is 0 Å². The number of carbonyl (C=O) groups excluding carboxylic acids is 1. The summed E-state index contributed by atoms with van der Waals surface area (Å²) in [4.78, 5) is 11.7. The van der Waals surface area contributed by atoms with Gasteiger partial charge in [-0.15, -0.1) is 0 Å². The number of hydrogen-bond acceptors (Lipinski definition) is 3. The number of carbonyl (C=O) groups is 1. The van der Waals surface area contributed by atoms with E-state index >= 15 is 0 Å². The van der Waals surface area contributed by atoms with E-state index in [1.54, 1.807) is 0 Å². The number of ether oxygens (including phenoxy) is 1. The third-order valence-corrected chi connectivity index (χ3v) is 2.30. The summed E-state index contributed by atoms with van der Waals surface area (Å²) in [6.07, 6.45) is 1.32. The van der Waals surface area contributed by atoms with Crippen LogP contribution in [0.25, 0.3) is 0 Å². The van der Waals surface area contributed by atoms with E-state index in [2.05, 4.69) is 17.2 Å². The maximum atomic E-state index is 11.7. The highest BCUT2D eigenvalue weighted by atomic mass is 16.5. The Morgan fingerprint density at radius 3 is 3.00 bits per heavy atom. The Bertz CT molecular complexity index is 461. The Kier molecular flexibility index (Phi) is 7.33. The molecule has 0 radical (unpaired) electrons. The standard InChI is InChI=1S/C15H20N2O2/c1-2-10-19-11-8-15(18)17-14-7-3-5-13(12-14)6-4-9-16/h3,5,7,12H,2,8-11,16H2,1H3,(H,17,18). The van der Waals surface area contributed by atoms with Gasteiger partial charge in [0, 0.05) is 17.9 Å². The third-order valence-electron chi connectivity index (χ3n) is 2.30. The zero-order valence-corrected chi connectivity index (χ0v) is 11.2. The molecular formula is C15H20N2O2. The first-order valence-electron chi connectivity index (χ1n) is 6.43. The molecule has 0 fully saturated rings. The van der Waals surface area contributed by atoms with Crippen molar-refractivity contribution in [3.63, 3.8) is 0 Å². The van der Waals surface area contributed by atoms with Gasteiger partial charge in [-0.1, -0.05) is 24.8 Å². The molecular weight excluding hydrogens is 240 g/mol. The second-order valence-corrected chi connectivity index (χ2v) is 4.00. The molecule has 0 bridgehead atoms. The Labute approximate surface area is 114 Å². The summed E-state index contributed by atoms with van der Waals surface area (Å²) in [6, 6.07) is 7.39. The molecule has 3 N–H and O–H groups in total. The van der Waals surface area contributed by atoms with Crippen molar-refractivity contribution in [2.24, 2.45) is 5.73 Å². The maximum absolute atomic E-state index is 11.7. The van der Waals surface area contributed by atoms with Crippen LogP contribution in [-0.2, 0) is 9.53 Å². The molecule has 0 aliphatic heterocycles. The quantitative estimate of drug-likeness (QED) is 0.605. The highest BCUT2D eigenvalue weighted by Gasteiger charge is 2.02. The second kappa shape index (κ2) is 9.15. The smallest absolute Gasteiger partial charge is 0.226 e. The predicted molar refractivity (Wildman–Crippen MR) is 76.7 cm³/mol. The predicted octanol–water partition coefficient (Wildman–Crippen LogP) is 1.75. The first-order chi connectivity index (χ1) is 9.26. The van der Waals surface area contributed by atoms with Crippen LogP contribution in [0.3, 0.4) is 0 Å². The lowest BCUT2D eigenvalue weighted by molar-refractivity contribution is -0.117. The first kappa shape index (κ1) is 15.2. The van der Waals surface area contributed by atoms with Gasteiger partial charge in [0.1, 0.15) is 0 Å². The molecule has 0 atom stereocenters. The average molecular weight is 260 g/mol. The van der Waals surface area contributed by atoms with Gasteiger partial charge in [-0.2, -0.15) is 0 Å². The molecule has 19 heavy (non-hydrogen) atoms. The van der Waals surface area contributed by atoms with Gasteiger partial charge >= 0.3 is 0 Å². The topological polar surface area (TPSA) is 64.3 Å². The van der Waals surface area contributed by atoms with Gasteiger partial charge in [0.05, 0.1) is 19.6 Å². The number of hydrogen-bond donors (Lipinski definition) is 2. The lowest BCUT2D eigenvalue weighted by Gasteiger charge is -2.06. The van der Waals surface area contributed by atoms with Crippen LogP contribution in [0.15, 0.2) is 24.3 Å². The molecule has 4 heteroatoms. The molecule has 4 nitrogen and oxygen atoms in total. The van der Waals surface area contributed by atoms with Gasteiger partial charge in [0.15, 0.2) is 0 Å². The fraction of sp³-hybridized carbons (Fsp3) is 0.400. The molecule has 0 aromatic heterocycles. The van der Waals surface area contributed by atoms with Crippen LogP contribution in [0, 0.1) is 11.8 Å². The minimum Gasteiger partial charge on any atom is -0.381 e. The van der Waals surface area contributed by atoms with E-state index in [1.807, 2.05) is 31.2 Å². The Hall–Kier alpha value is -1.83. The molecule has 0 aliphatic carbocycles. The molecule has 0 saturated carbocycles. The van der Waals surface area contributed by atoms with Gasteiger partial charge in [0.25, 0.3) is 0 Å². The number of anilines is 1. The summed E-state index contributed by atoms with van der Waals surface area (Å²) >= 11 is 0. The van der Waals surface area contributed by atoms with Crippen LogP contribution in [0.1, 0.15) is 25.3 Å². The van der Waals surface area contributed by atoms with Crippen LogP contribution < -0.4 is 11.1 Å². The van der Waals surface area contributed by atoms with Gasteiger partial charge < -0.3 is 15.8 Å². The fourth-order valence-corrected chi connectivity index (χ4v) is 1.46. The normalized spacial score (nSPS) is 9.58. The number of nitrogens with two attached hydrogens (primary N) is 1. The van der Waals surface area contributed by atoms with Crippen molar-refractivity contribution in [1.29, 1.82) is 0 Å². The third kappa shape index (κ3) is 6.61. The van der Waals surface area contributed by atoms with E-state index in [9.17, 15) is 4.79 Å². The van der Waals surface area contributed by atoms with E-state index in [1.165, 1.54) is 0 Å². The van der Waals surface area contributed by atoms with E-state index in [-0.39, 0.29) is 5.91 Å². The van der Waals surface area contributed by atoms with Crippen molar-refractivity contribution in [3.05, 3.63) is 29.8 Å². The number of amides is 1. The van der Waals surface area contributed by atoms with E-state index in [0.29, 0.717) is 26.2 Å². The number of nitrogens with one attached hydrogen (secondary N) is 1. The number of rotatable bonds is 6. The lowest BCUT2D eigenvalue weighted by Crippen LogP contribution is -2.14. The summed E-state index contributed by atoms with van der Waals surface area (Å²) in [5.74, 6) is 5.65. The van der Waals surface area contributed by atoms with Crippen molar-refractivity contribution in [2.45, 2.75) is 19.8 Å². The van der Waals surface area contributed by atoms with Crippen molar-refractivity contribution >= 4 is 11.6 Å². The van der Waals surface area contributed by atoms with Crippen LogP contribution >= 0.6 is 0 Å². The zero-order valence-electron chi connectivity index (χ0n) is 11.2. The van der Waals surface area contributed by atoms with Gasteiger partial charge in [-0.05, 0) is 24.6 Å². The van der Waals surface area contributed by atoms with Gasteiger partial charge in [-0.25, -0.2) is 0 Å². The summed E-state index contributed by atoms with van der Waals surface area (Å²) < 4.78 is 5.27. The molecule has 0 heterocycles. The lowest BCUT2D eigenvalue weighted by atomic mass is 10.2. The van der Waals surface area contributed by atoms with Gasteiger partial charge in [-0.3, -0.25) is 4.79 Å². The molecule has 1 aromatic rings. The van der Waals surface area contributed by atoms with Crippen LogP contribution in [0.5, 0.6) is 0 Å². The molecule has 1 aromatic carbocycles. The summed E-state index contributed by atoms with van der Waals surface area (Å²) in [5, 5.41) is 2.82. The Balaban J connectivity index is 2.45. The minimum atomic E-state index is -0.0555. The van der Waals surface area contributed by atoms with Crippen molar-refractivity contribution in [1.82, 2.24) is 0 Å². The summed E-state index contributed by atoms with van der Waals surface area (Å²) in [7, 11) is 0. The molecule has 0 aliphatic rings. The molecule has 0 unspecified atom stereocenters. The maximum Gasteiger partial charge on any atom is 0.226 e. The summed E-state index contributed by atoms with van der Waals surface area (Å²) in [6.45, 7) is 3.50. The molecule has 102 valence electrons. The van der Waals surface area contributed by atoms with Crippen LogP contribution in [0.2, 0.25) is 0 Å². The molecule has 1 amide bonds. The Morgan fingerprint density at radius 1 is 1.42 bits per heavy atom. The summed E-state index contributed by atoms with van der Waals surface area (Å²) in [5.41, 5.74) is 6.90. The first-order valence-corrected chi connectivity index (χ1v) is 6.43. The van der Waals surface area contributed by atoms with E-state index in [4.69, 9.17) is 10.5 Å². The highest BCUT2D eigenvalue weighted by molar-refractivity contribution is 5.90. The number of benzene rings is 1. The van der Waals surface area contributed by atoms with Crippen LogP contribution in [0.4, 0.5) is 5.69 Å². The zero-order chi connectivity index (χ0) is 13.9. The fourth-order valence-electron chi connectivity index (χ4n) is 1.46. The Morgan fingerprint density at radius 2 is 2.26 bits per heavy atom. The SMILES string of the molecule is CCCOCCC(=O)Nc1cccc(C#CCN)c1. The van der Waals surface area contributed by atoms with Crippen molar-refractivity contribution in [3.8, 4) is 11.8 Å². The molecule has 0 spiro atoms. The largest absolute Gasteiger partial charge is 0.381 e. The monoisotopic (exact) mass is 260 g/mol. The second-order valence-electron chi connectivity index (χ2n) is 4.00. The van der Waals surface area contributed by atoms with Crippen molar-refractivity contribution in [2.75, 3.05) is 25.1 Å². The van der Waals surface area contributed by atoms with E-state index in [0.717, 1.165) is 17.7 Å². The molecule has 1 rings (SSSR count). The molecule has 0 saturated heterocycles.